The predicted octanol–water partition coefficient (Wildman–Crippen LogP) is 1.31. The van der Waals surface area contributed by atoms with Gasteiger partial charge in [0.15, 0.2) is 0 Å². The Morgan fingerprint density at radius 3 is 3.00 bits per heavy atom. The van der Waals surface area contributed by atoms with Crippen LogP contribution in [0.3, 0.4) is 0 Å². The van der Waals surface area contributed by atoms with E-state index >= 15 is 0 Å². The van der Waals surface area contributed by atoms with Crippen LogP contribution in [0.2, 0.25) is 0 Å². The Kier molecular flexibility index (Phi) is 4.84. The number of hydrogen-bond acceptors (Lipinski definition) is 6. The van der Waals surface area contributed by atoms with E-state index in [-0.39, 0.29) is 11.4 Å². The molecule has 1 N–H and O–H groups in total. The maximum atomic E-state index is 10.6. The molecule has 0 fully saturated rings. The average molecular weight is 236 g/mol. The first-order valence-corrected chi connectivity index (χ1v) is 4.97. The number of aromatic nitrogens is 1. The van der Waals surface area contributed by atoms with Crippen LogP contribution in [0.15, 0.2) is 12.1 Å². The lowest BCUT2D eigenvalue weighted by molar-refractivity contribution is -0.385. The highest BCUT2D eigenvalue weighted by atomic mass is 16.6. The van der Waals surface area contributed by atoms with Gasteiger partial charge in [-0.15, -0.1) is 0 Å². The van der Waals surface area contributed by atoms with Crippen LogP contribution < -0.4 is 5.32 Å². The first-order chi connectivity index (χ1) is 8.19. The number of nitrogens with one attached hydrogen (secondary N) is 1. The molecule has 1 aromatic rings. The number of nitro groups is 1. The molecule has 17 heavy (non-hydrogen) atoms. The monoisotopic (exact) mass is 236 g/mol. The van der Waals surface area contributed by atoms with Crippen molar-refractivity contribution in [3.8, 4) is 6.07 Å². The van der Waals surface area contributed by atoms with Crippen LogP contribution in [-0.2, 0) is 4.74 Å². The van der Waals surface area contributed by atoms with Crippen molar-refractivity contribution >= 4 is 11.5 Å². The highest BCUT2D eigenvalue weighted by Gasteiger charge is 2.15. The number of pyridine rings is 1. The van der Waals surface area contributed by atoms with Crippen LogP contribution in [0, 0.1) is 21.4 Å². The van der Waals surface area contributed by atoms with Crippen molar-refractivity contribution in [3.05, 3.63) is 27.9 Å². The van der Waals surface area contributed by atoms with Gasteiger partial charge >= 0.3 is 5.69 Å². The molecule has 0 bridgehead atoms. The van der Waals surface area contributed by atoms with E-state index in [1.807, 2.05) is 0 Å². The molecule has 1 aromatic heterocycles. The molecule has 0 aromatic carbocycles. The molecule has 7 heteroatoms. The summed E-state index contributed by atoms with van der Waals surface area (Å²) in [4.78, 5) is 13.8. The van der Waals surface area contributed by atoms with E-state index in [1.165, 1.54) is 12.1 Å². The zero-order valence-electron chi connectivity index (χ0n) is 9.34. The summed E-state index contributed by atoms with van der Waals surface area (Å²) in [6, 6.07) is 4.45. The average Bonchev–Trinajstić information content (AvgIpc) is 2.34. The van der Waals surface area contributed by atoms with Crippen molar-refractivity contribution in [3.63, 3.8) is 0 Å². The summed E-state index contributed by atoms with van der Waals surface area (Å²) in [7, 11) is 1.61. The van der Waals surface area contributed by atoms with Gasteiger partial charge in [0.25, 0.3) is 0 Å². The smallest absolute Gasteiger partial charge is 0.305 e. The van der Waals surface area contributed by atoms with E-state index in [4.69, 9.17) is 10.00 Å². The van der Waals surface area contributed by atoms with Crippen molar-refractivity contribution in [1.82, 2.24) is 4.98 Å². The van der Waals surface area contributed by atoms with Crippen molar-refractivity contribution in [1.29, 1.82) is 5.26 Å². The Labute approximate surface area is 98.2 Å². The van der Waals surface area contributed by atoms with Crippen molar-refractivity contribution in [2.24, 2.45) is 0 Å². The summed E-state index contributed by atoms with van der Waals surface area (Å²) in [6.07, 6.45) is 0.789. The minimum absolute atomic E-state index is 0.188. The SMILES string of the molecule is COCCCNc1ccc([N+](=O)[O-])c(C#N)n1. The molecule has 0 aliphatic carbocycles. The lowest BCUT2D eigenvalue weighted by Gasteiger charge is -2.05. The number of nitriles is 1. The number of anilines is 1. The van der Waals surface area contributed by atoms with Crippen LogP contribution in [-0.4, -0.2) is 30.2 Å². The molecular weight excluding hydrogens is 224 g/mol. The maximum absolute atomic E-state index is 10.6. The summed E-state index contributed by atoms with van der Waals surface area (Å²) >= 11 is 0. The second kappa shape index (κ2) is 6.40. The van der Waals surface area contributed by atoms with Crippen molar-refractivity contribution < 1.29 is 9.66 Å². The van der Waals surface area contributed by atoms with Gasteiger partial charge < -0.3 is 10.1 Å². The lowest BCUT2D eigenvalue weighted by atomic mass is 10.3. The van der Waals surface area contributed by atoms with E-state index in [1.54, 1.807) is 13.2 Å². The number of methoxy groups -OCH3 is 1. The lowest BCUT2D eigenvalue weighted by Crippen LogP contribution is -2.07. The highest BCUT2D eigenvalue weighted by molar-refractivity contribution is 5.50. The normalized spacial score (nSPS) is 9.65. The molecule has 90 valence electrons. The third-order valence-electron chi connectivity index (χ3n) is 2.01. The Hall–Kier alpha value is -2.20. The zero-order valence-corrected chi connectivity index (χ0v) is 9.34. The summed E-state index contributed by atoms with van der Waals surface area (Å²) < 4.78 is 4.87. The van der Waals surface area contributed by atoms with Gasteiger partial charge in [0, 0.05) is 26.3 Å². The number of rotatable bonds is 6. The third kappa shape index (κ3) is 3.70. The van der Waals surface area contributed by atoms with Gasteiger partial charge in [0.05, 0.1) is 4.92 Å². The third-order valence-corrected chi connectivity index (χ3v) is 2.01. The van der Waals surface area contributed by atoms with Crippen LogP contribution in [0.25, 0.3) is 0 Å². The fourth-order valence-corrected chi connectivity index (χ4v) is 1.21. The molecule has 0 radical (unpaired) electrons. The quantitative estimate of drug-likeness (QED) is 0.454. The van der Waals surface area contributed by atoms with Gasteiger partial charge in [0.1, 0.15) is 11.9 Å². The van der Waals surface area contributed by atoms with Gasteiger partial charge in [-0.3, -0.25) is 10.1 Å². The van der Waals surface area contributed by atoms with E-state index < -0.39 is 4.92 Å². The van der Waals surface area contributed by atoms with Gasteiger partial charge in [-0.1, -0.05) is 0 Å². The van der Waals surface area contributed by atoms with Gasteiger partial charge in [0.2, 0.25) is 5.69 Å². The van der Waals surface area contributed by atoms with E-state index in [0.717, 1.165) is 6.42 Å². The minimum atomic E-state index is -0.625. The molecule has 0 unspecified atom stereocenters. The fraction of sp³-hybridized carbons (Fsp3) is 0.400. The van der Waals surface area contributed by atoms with Crippen molar-refractivity contribution in [2.45, 2.75) is 6.42 Å². The topological polar surface area (TPSA) is 101 Å². The van der Waals surface area contributed by atoms with Crippen LogP contribution in [0.1, 0.15) is 12.1 Å². The largest absolute Gasteiger partial charge is 0.385 e. The highest BCUT2D eigenvalue weighted by Crippen LogP contribution is 2.17. The number of nitrogens with zero attached hydrogens (tertiary/aromatic N) is 3. The molecule has 0 atom stereocenters. The first kappa shape index (κ1) is 12.9. The second-order valence-corrected chi connectivity index (χ2v) is 3.21. The standard InChI is InChI=1S/C10H12N4O3/c1-17-6-2-5-12-10-4-3-9(14(15)16)8(7-11)13-10/h3-4H,2,5-6H2,1H3,(H,12,13). The molecule has 1 rings (SSSR count). The fourth-order valence-electron chi connectivity index (χ4n) is 1.21. The van der Waals surface area contributed by atoms with Gasteiger partial charge in [-0.25, -0.2) is 4.98 Å². The molecule has 0 spiro atoms. The number of hydrogen-bond donors (Lipinski definition) is 1. The van der Waals surface area contributed by atoms with Crippen molar-refractivity contribution in [2.75, 3.05) is 25.6 Å². The van der Waals surface area contributed by atoms with Crippen LogP contribution in [0.4, 0.5) is 11.5 Å². The van der Waals surface area contributed by atoms with Gasteiger partial charge in [-0.05, 0) is 12.5 Å². The Morgan fingerprint density at radius 1 is 1.65 bits per heavy atom. The molecule has 0 aliphatic rings. The summed E-state index contributed by atoms with van der Waals surface area (Å²) in [6.45, 7) is 1.24. The van der Waals surface area contributed by atoms with Crippen LogP contribution >= 0.6 is 0 Å². The summed E-state index contributed by atoms with van der Waals surface area (Å²) in [5.74, 6) is 0.447. The molecular formula is C10H12N4O3. The molecule has 0 saturated heterocycles. The predicted molar refractivity (Wildman–Crippen MR) is 60.6 cm³/mol. The van der Waals surface area contributed by atoms with Gasteiger partial charge in [-0.2, -0.15) is 5.26 Å². The Morgan fingerprint density at radius 2 is 2.41 bits per heavy atom. The zero-order chi connectivity index (χ0) is 12.7. The molecule has 1 heterocycles. The molecule has 0 aliphatic heterocycles. The van der Waals surface area contributed by atoms with Crippen LogP contribution in [0.5, 0.6) is 0 Å². The van der Waals surface area contributed by atoms with E-state index in [2.05, 4.69) is 10.3 Å². The maximum Gasteiger partial charge on any atom is 0.305 e. The van der Waals surface area contributed by atoms with E-state index in [9.17, 15) is 10.1 Å². The molecule has 0 amide bonds. The number of ether oxygens (including phenoxy) is 1. The summed E-state index contributed by atoms with van der Waals surface area (Å²) in [5, 5.41) is 22.3. The van der Waals surface area contributed by atoms with E-state index in [0.29, 0.717) is 19.0 Å². The second-order valence-electron chi connectivity index (χ2n) is 3.21. The first-order valence-electron chi connectivity index (χ1n) is 4.97. The molecule has 0 saturated carbocycles. The molecule has 7 nitrogen and oxygen atoms in total. The minimum Gasteiger partial charge on any atom is -0.385 e. The summed E-state index contributed by atoms with van der Waals surface area (Å²) in [5.41, 5.74) is -0.471. The Balaban J connectivity index is 2.70. The Bertz CT molecular complexity index is 442.